The van der Waals surface area contributed by atoms with Crippen molar-refractivity contribution in [3.05, 3.63) is 58.3 Å². The normalized spacial score (nSPS) is 14.7. The molecule has 1 unspecified atom stereocenters. The molecule has 3 aromatic heterocycles. The van der Waals surface area contributed by atoms with Gasteiger partial charge in [0.2, 0.25) is 0 Å². The third-order valence-electron chi connectivity index (χ3n) is 4.89. The first kappa shape index (κ1) is 19.4. The summed E-state index contributed by atoms with van der Waals surface area (Å²) in [6.07, 6.45) is 7.58. The molecular formula is C20H22N4O4S. The van der Waals surface area contributed by atoms with Crippen LogP contribution < -0.4 is 15.6 Å². The number of fused-ring (bicyclic) bond motifs is 1. The molecule has 9 heteroatoms. The summed E-state index contributed by atoms with van der Waals surface area (Å²) in [5.41, 5.74) is 1.84. The van der Waals surface area contributed by atoms with E-state index in [1.807, 2.05) is 6.07 Å². The number of amides is 1. The molecule has 29 heavy (non-hydrogen) atoms. The Labute approximate surface area is 169 Å². The van der Waals surface area contributed by atoms with E-state index >= 15 is 0 Å². The number of ether oxygens (including phenoxy) is 1. The summed E-state index contributed by atoms with van der Waals surface area (Å²) in [7, 11) is 0.611. The molecule has 1 aliphatic rings. The number of rotatable bonds is 7. The molecule has 0 aromatic carbocycles. The van der Waals surface area contributed by atoms with Gasteiger partial charge in [-0.05, 0) is 37.1 Å². The van der Waals surface area contributed by atoms with E-state index < -0.39 is 16.7 Å². The van der Waals surface area contributed by atoms with E-state index in [1.165, 1.54) is 13.2 Å². The number of nitrogens with zero attached hydrogens (tertiary/aromatic N) is 3. The van der Waals surface area contributed by atoms with Gasteiger partial charge in [0, 0.05) is 41.5 Å². The van der Waals surface area contributed by atoms with Crippen LogP contribution in [0.2, 0.25) is 0 Å². The first-order valence-corrected chi connectivity index (χ1v) is 11.1. The third-order valence-corrected chi connectivity index (χ3v) is 5.66. The van der Waals surface area contributed by atoms with Crippen LogP contribution in [0.25, 0.3) is 5.52 Å². The lowest BCUT2D eigenvalue weighted by molar-refractivity contribution is 0.102. The molecule has 4 rings (SSSR count). The van der Waals surface area contributed by atoms with Crippen molar-refractivity contribution in [3.8, 4) is 5.75 Å². The second kappa shape index (κ2) is 7.82. The van der Waals surface area contributed by atoms with Crippen LogP contribution in [0.5, 0.6) is 5.75 Å². The summed E-state index contributed by atoms with van der Waals surface area (Å²) in [6, 6.07) is 7.08. The van der Waals surface area contributed by atoms with Crippen molar-refractivity contribution < 1.29 is 13.7 Å². The number of methoxy groups -OCH3 is 1. The predicted molar refractivity (Wildman–Crippen MR) is 111 cm³/mol. The maximum atomic E-state index is 12.8. The SMILES string of the molecule is COc1cn2nc(CCS(C)=O)cc2cc1NC(=O)c1cccn(C2CC2)c1=O. The van der Waals surface area contributed by atoms with Crippen molar-refractivity contribution in [1.29, 1.82) is 0 Å². The highest BCUT2D eigenvalue weighted by atomic mass is 32.2. The largest absolute Gasteiger partial charge is 0.493 e. The summed E-state index contributed by atoms with van der Waals surface area (Å²) in [4.78, 5) is 25.4. The molecule has 3 heterocycles. The second-order valence-electron chi connectivity index (χ2n) is 7.11. The van der Waals surface area contributed by atoms with Crippen LogP contribution in [0, 0.1) is 0 Å². The molecule has 1 aliphatic carbocycles. The number of anilines is 1. The van der Waals surface area contributed by atoms with Crippen molar-refractivity contribution in [1.82, 2.24) is 14.2 Å². The van der Waals surface area contributed by atoms with Gasteiger partial charge in [-0.15, -0.1) is 0 Å². The molecule has 1 atom stereocenters. The Morgan fingerprint density at radius 2 is 2.17 bits per heavy atom. The van der Waals surface area contributed by atoms with Crippen LogP contribution in [0.4, 0.5) is 5.69 Å². The van der Waals surface area contributed by atoms with Gasteiger partial charge in [0.1, 0.15) is 5.56 Å². The molecule has 1 saturated carbocycles. The number of aromatic nitrogens is 3. The van der Waals surface area contributed by atoms with Gasteiger partial charge in [0.05, 0.1) is 30.2 Å². The van der Waals surface area contributed by atoms with E-state index in [4.69, 9.17) is 4.74 Å². The van der Waals surface area contributed by atoms with Gasteiger partial charge in [0.15, 0.2) is 5.75 Å². The molecule has 1 fully saturated rings. The summed E-state index contributed by atoms with van der Waals surface area (Å²) < 4.78 is 20.0. The van der Waals surface area contributed by atoms with Gasteiger partial charge in [-0.2, -0.15) is 5.10 Å². The highest BCUT2D eigenvalue weighted by Gasteiger charge is 2.26. The Morgan fingerprint density at radius 1 is 1.38 bits per heavy atom. The first-order chi connectivity index (χ1) is 14.0. The smallest absolute Gasteiger partial charge is 0.263 e. The van der Waals surface area contributed by atoms with Crippen molar-refractivity contribution in [2.75, 3.05) is 24.4 Å². The topological polar surface area (TPSA) is 94.7 Å². The second-order valence-corrected chi connectivity index (χ2v) is 8.66. The van der Waals surface area contributed by atoms with E-state index in [2.05, 4.69) is 10.4 Å². The van der Waals surface area contributed by atoms with Crippen LogP contribution in [-0.4, -0.2) is 43.4 Å². The number of nitrogens with one attached hydrogen (secondary N) is 1. The fraction of sp³-hybridized carbons (Fsp3) is 0.350. The average Bonchev–Trinajstić information content (AvgIpc) is 3.45. The van der Waals surface area contributed by atoms with Crippen LogP contribution in [0.15, 0.2) is 41.5 Å². The molecule has 1 amide bonds. The average molecular weight is 414 g/mol. The maximum absolute atomic E-state index is 12.8. The summed E-state index contributed by atoms with van der Waals surface area (Å²) in [5.74, 6) is 0.484. The molecule has 152 valence electrons. The fourth-order valence-electron chi connectivity index (χ4n) is 3.22. The highest BCUT2D eigenvalue weighted by Crippen LogP contribution is 2.33. The van der Waals surface area contributed by atoms with Gasteiger partial charge in [-0.1, -0.05) is 0 Å². The van der Waals surface area contributed by atoms with Crippen LogP contribution >= 0.6 is 0 Å². The Hall–Kier alpha value is -2.94. The van der Waals surface area contributed by atoms with Gasteiger partial charge in [0.25, 0.3) is 11.5 Å². The zero-order valence-corrected chi connectivity index (χ0v) is 17.1. The van der Waals surface area contributed by atoms with E-state index in [0.29, 0.717) is 23.6 Å². The maximum Gasteiger partial charge on any atom is 0.263 e. The Bertz CT molecular complexity index is 1160. The molecule has 0 spiro atoms. The summed E-state index contributed by atoms with van der Waals surface area (Å²) >= 11 is 0. The number of carbonyl (C=O) groups is 1. The molecule has 0 bridgehead atoms. The van der Waals surface area contributed by atoms with Crippen molar-refractivity contribution in [2.24, 2.45) is 0 Å². The quantitative estimate of drug-likeness (QED) is 0.638. The molecule has 0 radical (unpaired) electrons. The van der Waals surface area contributed by atoms with Crippen molar-refractivity contribution in [3.63, 3.8) is 0 Å². The Morgan fingerprint density at radius 3 is 2.86 bits per heavy atom. The number of carbonyl (C=O) groups excluding carboxylic acids is 1. The monoisotopic (exact) mass is 414 g/mol. The molecule has 8 nitrogen and oxygen atoms in total. The first-order valence-electron chi connectivity index (χ1n) is 9.35. The minimum Gasteiger partial charge on any atom is -0.493 e. The predicted octanol–water partition coefficient (Wildman–Crippen LogP) is 2.01. The summed E-state index contributed by atoms with van der Waals surface area (Å²) in [6.45, 7) is 0. The highest BCUT2D eigenvalue weighted by molar-refractivity contribution is 7.84. The van der Waals surface area contributed by atoms with Crippen LogP contribution in [0.1, 0.15) is 34.9 Å². The number of aryl methyl sites for hydroxylation is 1. The van der Waals surface area contributed by atoms with E-state index in [-0.39, 0.29) is 17.2 Å². The van der Waals surface area contributed by atoms with Gasteiger partial charge < -0.3 is 14.6 Å². The number of pyridine rings is 2. The third kappa shape index (κ3) is 4.09. The zero-order valence-electron chi connectivity index (χ0n) is 16.3. The molecule has 0 saturated heterocycles. The van der Waals surface area contributed by atoms with Crippen molar-refractivity contribution >= 4 is 27.9 Å². The van der Waals surface area contributed by atoms with E-state index in [1.54, 1.807) is 39.9 Å². The molecule has 1 N–H and O–H groups in total. The zero-order chi connectivity index (χ0) is 20.5. The lowest BCUT2D eigenvalue weighted by Gasteiger charge is -2.11. The number of hydrogen-bond acceptors (Lipinski definition) is 5. The lowest BCUT2D eigenvalue weighted by atomic mass is 10.2. The minimum atomic E-state index is -0.893. The lowest BCUT2D eigenvalue weighted by Crippen LogP contribution is -2.28. The Balaban J connectivity index is 1.63. The fourth-order valence-corrected chi connectivity index (χ4v) is 3.71. The standard InChI is InChI=1S/C20H22N4O4S/c1-28-18-12-24-15(10-13(22-24)7-9-29(2)27)11-17(18)21-19(25)16-4-3-8-23(20(16)26)14-5-6-14/h3-4,8,10-12,14H,5-7,9H2,1-2H3,(H,21,25). The Kier molecular flexibility index (Phi) is 5.23. The van der Waals surface area contributed by atoms with Gasteiger partial charge >= 0.3 is 0 Å². The minimum absolute atomic E-state index is 0.0981. The van der Waals surface area contributed by atoms with Crippen LogP contribution in [0.3, 0.4) is 0 Å². The van der Waals surface area contributed by atoms with Crippen LogP contribution in [-0.2, 0) is 17.2 Å². The van der Waals surface area contributed by atoms with Gasteiger partial charge in [-0.25, -0.2) is 4.52 Å². The molecular weight excluding hydrogens is 392 g/mol. The van der Waals surface area contributed by atoms with E-state index in [0.717, 1.165) is 24.1 Å². The number of hydrogen-bond donors (Lipinski definition) is 1. The van der Waals surface area contributed by atoms with Gasteiger partial charge in [-0.3, -0.25) is 13.8 Å². The molecule has 3 aromatic rings. The van der Waals surface area contributed by atoms with E-state index in [9.17, 15) is 13.8 Å². The molecule has 0 aliphatic heterocycles. The van der Waals surface area contributed by atoms with Crippen molar-refractivity contribution in [2.45, 2.75) is 25.3 Å². The summed E-state index contributed by atoms with van der Waals surface area (Å²) in [5, 5.41) is 7.25.